The first-order valence-electron chi connectivity index (χ1n) is 7.25. The van der Waals surface area contributed by atoms with Gasteiger partial charge in [-0.25, -0.2) is 4.79 Å². The van der Waals surface area contributed by atoms with Gasteiger partial charge in [0, 0.05) is 0 Å². The van der Waals surface area contributed by atoms with Crippen LogP contribution in [-0.4, -0.2) is 112 Å². The summed E-state index contributed by atoms with van der Waals surface area (Å²) in [7, 11) is -5.14. The Morgan fingerprint density at radius 3 is 1.41 bits per heavy atom. The Morgan fingerprint density at radius 2 is 1.22 bits per heavy atom. The summed E-state index contributed by atoms with van der Waals surface area (Å²) in [6.45, 7) is -0.760. The number of carbonyl (C=O) groups excluding carboxylic acids is 1. The summed E-state index contributed by atoms with van der Waals surface area (Å²) in [5.74, 6) is -5.02. The van der Waals surface area contributed by atoms with E-state index in [1.807, 2.05) is 0 Å². The quantitative estimate of drug-likeness (QED) is 0.0734. The number of aliphatic hydroxyl groups is 6. The van der Waals surface area contributed by atoms with Gasteiger partial charge in [-0.2, -0.15) is 0 Å². The van der Waals surface area contributed by atoms with Crippen LogP contribution in [0.5, 0.6) is 0 Å². The molecule has 0 aromatic heterocycles. The number of aliphatic hydroxyl groups excluding tert-OH is 5. The summed E-state index contributed by atoms with van der Waals surface area (Å²) in [4.78, 5) is 64.7. The Labute approximate surface area is 223 Å². The van der Waals surface area contributed by atoms with Gasteiger partial charge in [-0.15, -0.1) is 0 Å². The number of aldehydes is 1. The van der Waals surface area contributed by atoms with Crippen molar-refractivity contribution in [3.63, 3.8) is 0 Å². The van der Waals surface area contributed by atoms with Gasteiger partial charge in [-0.1, -0.05) is 0 Å². The van der Waals surface area contributed by atoms with E-state index in [2.05, 4.69) is 0 Å². The first kappa shape index (κ1) is 42.1. The number of hydrogen-bond acceptors (Lipinski definition) is 13. The fourth-order valence-electron chi connectivity index (χ4n) is 1.33. The van der Waals surface area contributed by atoms with Crippen LogP contribution in [0.3, 0.4) is 0 Å². The third-order valence-electron chi connectivity index (χ3n) is 2.71. The smallest absolute Gasteiger partial charge is 0.790 e. The van der Waals surface area contributed by atoms with Gasteiger partial charge in [0.15, 0.2) is 11.9 Å². The SMILES string of the molecule is O=C(O)CC(O)(CC(=O)O)C(=O)O.O=C[C@H](O)[C@@H](O)[C@H](O)[C@H](O)CO.O=P([O-])([O-])O.[Na+].[Na+]. The van der Waals surface area contributed by atoms with Gasteiger partial charge in [0.25, 0.3) is 0 Å². The fraction of sp³-hybridized carbons (Fsp3) is 0.667. The number of carboxylic acids is 3. The monoisotopic (exact) mass is 514 g/mol. The first-order valence-corrected chi connectivity index (χ1v) is 8.74. The van der Waals surface area contributed by atoms with Crippen LogP contribution in [0.4, 0.5) is 0 Å². The van der Waals surface area contributed by atoms with Crippen LogP contribution >= 0.6 is 7.82 Å². The molecule has 10 N–H and O–H groups in total. The minimum absolute atomic E-state index is 0. The molecule has 20 heteroatoms. The van der Waals surface area contributed by atoms with Crippen LogP contribution in [-0.2, 0) is 23.7 Å². The van der Waals surface area contributed by atoms with Gasteiger partial charge in [0.2, 0.25) is 0 Å². The average Bonchev–Trinajstić information content (AvgIpc) is 2.56. The molecule has 0 aliphatic carbocycles. The maximum atomic E-state index is 10.3. The fourth-order valence-corrected chi connectivity index (χ4v) is 1.33. The van der Waals surface area contributed by atoms with Gasteiger partial charge >= 0.3 is 77.0 Å². The predicted octanol–water partition coefficient (Wildman–Crippen LogP) is -12.8. The second kappa shape index (κ2) is 20.3. The number of aliphatic carboxylic acids is 3. The van der Waals surface area contributed by atoms with Crippen molar-refractivity contribution in [3.05, 3.63) is 0 Å². The Balaban J connectivity index is -0.000000120. The second-order valence-corrected chi connectivity index (χ2v) is 6.24. The minimum atomic E-state index is -5.14. The van der Waals surface area contributed by atoms with Gasteiger partial charge in [0.05, 0.1) is 27.3 Å². The molecule has 0 spiro atoms. The normalized spacial score (nSPS) is 14.2. The summed E-state index contributed by atoms with van der Waals surface area (Å²) in [6, 6.07) is 0. The van der Waals surface area contributed by atoms with Crippen molar-refractivity contribution in [2.24, 2.45) is 0 Å². The van der Waals surface area contributed by atoms with E-state index in [1.165, 1.54) is 0 Å². The van der Waals surface area contributed by atoms with Crippen molar-refractivity contribution in [3.8, 4) is 0 Å². The van der Waals surface area contributed by atoms with E-state index in [1.54, 1.807) is 0 Å². The van der Waals surface area contributed by atoms with E-state index in [0.29, 0.717) is 0 Å². The van der Waals surface area contributed by atoms with E-state index in [9.17, 15) is 19.2 Å². The van der Waals surface area contributed by atoms with Crippen molar-refractivity contribution in [2.75, 3.05) is 6.61 Å². The summed E-state index contributed by atoms with van der Waals surface area (Å²) in [5, 5.41) is 77.3. The molecule has 178 valence electrons. The summed E-state index contributed by atoms with van der Waals surface area (Å²) >= 11 is 0. The maximum Gasteiger partial charge on any atom is 1.00 e. The average molecular weight is 514 g/mol. The zero-order valence-corrected chi connectivity index (χ0v) is 21.7. The molecule has 0 fully saturated rings. The van der Waals surface area contributed by atoms with E-state index < -0.39 is 75.2 Å². The molecule has 0 radical (unpaired) electrons. The molecular weight excluding hydrogens is 493 g/mol. The Hall–Kier alpha value is -0.0500. The van der Waals surface area contributed by atoms with E-state index in [4.69, 9.17) is 65.2 Å². The molecule has 17 nitrogen and oxygen atoms in total. The summed E-state index contributed by atoms with van der Waals surface area (Å²) in [6.07, 6.45) is -9.13. The molecule has 0 rings (SSSR count). The predicted molar refractivity (Wildman–Crippen MR) is 84.1 cm³/mol. The molecule has 0 aliphatic rings. The van der Waals surface area contributed by atoms with E-state index >= 15 is 0 Å². The standard InChI is InChI=1S/C6H8O7.C6H12O6.2Na.H3O4P/c7-3(8)1-6(13,5(11)12)2-4(9)10;7-1-3(9)5(11)6(12)4(10)2-8;;;1-5(2,3)4/h13H,1-2H2,(H,7,8)(H,9,10)(H,11,12);1,3-6,8-12H,2H2;;;(H3,1,2,3,4)/q;;2*+1;/p-2/t;3-,4+,5+,6+;;;/m.0.../s1. The van der Waals surface area contributed by atoms with Gasteiger partial charge < -0.3 is 70.0 Å². The van der Waals surface area contributed by atoms with Crippen LogP contribution < -0.4 is 68.9 Å². The largest absolute Gasteiger partial charge is 1.00 e. The first-order chi connectivity index (χ1) is 13.3. The Bertz CT molecular complexity index is 586. The molecule has 0 saturated heterocycles. The topological polar surface area (TPSA) is 334 Å². The van der Waals surface area contributed by atoms with Crippen molar-refractivity contribution < 1.29 is 143 Å². The van der Waals surface area contributed by atoms with Crippen LogP contribution in [0.25, 0.3) is 0 Å². The van der Waals surface area contributed by atoms with Gasteiger partial charge in [-0.3, -0.25) is 9.59 Å². The number of rotatable bonds is 10. The van der Waals surface area contributed by atoms with Gasteiger partial charge in [-0.05, 0) is 0 Å². The molecule has 4 atom stereocenters. The van der Waals surface area contributed by atoms with Crippen LogP contribution in [0.15, 0.2) is 0 Å². The van der Waals surface area contributed by atoms with E-state index in [-0.39, 0.29) is 65.4 Å². The molecule has 0 unspecified atom stereocenters. The van der Waals surface area contributed by atoms with Crippen LogP contribution in [0.2, 0.25) is 0 Å². The zero-order valence-electron chi connectivity index (χ0n) is 16.8. The molecule has 32 heavy (non-hydrogen) atoms. The molecule has 0 aromatic carbocycles. The molecule has 0 aliphatic heterocycles. The summed E-state index contributed by atoms with van der Waals surface area (Å²) in [5.41, 5.74) is -2.74. The Morgan fingerprint density at radius 1 is 0.906 bits per heavy atom. The molecule has 0 aromatic rings. The number of hydrogen-bond donors (Lipinski definition) is 10. The summed E-state index contributed by atoms with van der Waals surface area (Å²) < 4.78 is 8.66. The molecule has 0 saturated carbocycles. The number of carboxylic acid groups (broad SMARTS) is 3. The molecule has 0 amide bonds. The van der Waals surface area contributed by atoms with Crippen molar-refractivity contribution >= 4 is 32.0 Å². The van der Waals surface area contributed by atoms with Crippen molar-refractivity contribution in [2.45, 2.75) is 42.9 Å². The third kappa shape index (κ3) is 24.6. The number of carbonyl (C=O) groups is 4. The van der Waals surface area contributed by atoms with E-state index in [0.717, 1.165) is 0 Å². The zero-order chi connectivity index (χ0) is 24.9. The van der Waals surface area contributed by atoms with Crippen molar-refractivity contribution in [1.29, 1.82) is 0 Å². The minimum Gasteiger partial charge on any atom is -0.790 e. The van der Waals surface area contributed by atoms with Crippen molar-refractivity contribution in [1.82, 2.24) is 0 Å². The second-order valence-electron chi connectivity index (χ2n) is 5.30. The molecular formula is C12H21Na2O17P. The van der Waals surface area contributed by atoms with Crippen LogP contribution in [0, 0.1) is 0 Å². The van der Waals surface area contributed by atoms with Gasteiger partial charge in [0.1, 0.15) is 24.4 Å². The molecule has 0 heterocycles. The number of phosphoric acid groups is 1. The third-order valence-corrected chi connectivity index (χ3v) is 2.71. The Kier molecular flexibility index (Phi) is 26.8. The maximum absolute atomic E-state index is 10.3. The van der Waals surface area contributed by atoms with Crippen LogP contribution in [0.1, 0.15) is 12.8 Å². The molecule has 0 bridgehead atoms.